The molecular formula is C30H38N4O3. The normalized spacial score (nSPS) is 18.0. The van der Waals surface area contributed by atoms with Gasteiger partial charge in [-0.05, 0) is 50.3 Å². The number of rotatable bonds is 8. The number of hydrogen-bond donors (Lipinski definition) is 3. The Hall–Kier alpha value is -3.35. The highest BCUT2D eigenvalue weighted by Gasteiger charge is 2.26. The highest BCUT2D eigenvalue weighted by Crippen LogP contribution is 2.37. The Morgan fingerprint density at radius 2 is 1.68 bits per heavy atom. The van der Waals surface area contributed by atoms with Crippen molar-refractivity contribution in [3.05, 3.63) is 65.0 Å². The van der Waals surface area contributed by atoms with Crippen LogP contribution >= 0.6 is 0 Å². The molecule has 7 heteroatoms. The first-order valence-electron chi connectivity index (χ1n) is 13.9. The fourth-order valence-corrected chi connectivity index (χ4v) is 5.92. The molecule has 1 aromatic carbocycles. The molecule has 0 saturated heterocycles. The molecule has 0 spiro atoms. The van der Waals surface area contributed by atoms with Crippen LogP contribution in [0.5, 0.6) is 0 Å². The quantitative estimate of drug-likeness (QED) is 0.332. The number of carbonyl (C=O) groups is 2. The lowest BCUT2D eigenvalue weighted by molar-refractivity contribution is -0.137. The molecule has 2 aromatic heterocycles. The monoisotopic (exact) mass is 502 g/mol. The molecule has 2 aliphatic carbocycles. The van der Waals surface area contributed by atoms with Crippen LogP contribution in [0.2, 0.25) is 0 Å². The molecule has 3 N–H and O–H groups in total. The van der Waals surface area contributed by atoms with Gasteiger partial charge < -0.3 is 15.7 Å². The zero-order valence-corrected chi connectivity index (χ0v) is 21.7. The molecule has 7 nitrogen and oxygen atoms in total. The van der Waals surface area contributed by atoms with Crippen LogP contribution in [0.25, 0.3) is 5.65 Å². The predicted molar refractivity (Wildman–Crippen MR) is 145 cm³/mol. The maximum absolute atomic E-state index is 13.3. The number of fused-ring (bicyclic) bond motifs is 1. The summed E-state index contributed by atoms with van der Waals surface area (Å²) in [5.74, 6) is 0.283. The van der Waals surface area contributed by atoms with E-state index in [1.54, 1.807) is 0 Å². The highest BCUT2D eigenvalue weighted by atomic mass is 16.4. The summed E-state index contributed by atoms with van der Waals surface area (Å²) in [5, 5.41) is 16.2. The van der Waals surface area contributed by atoms with Crippen LogP contribution in [0.4, 0.5) is 5.82 Å². The molecule has 0 radical (unpaired) electrons. The minimum Gasteiger partial charge on any atom is -0.481 e. The van der Waals surface area contributed by atoms with E-state index in [9.17, 15) is 14.7 Å². The molecule has 1 amide bonds. The Morgan fingerprint density at radius 3 is 2.35 bits per heavy atom. The van der Waals surface area contributed by atoms with E-state index in [-0.39, 0.29) is 12.3 Å². The Bertz CT molecular complexity index is 1240. The van der Waals surface area contributed by atoms with Crippen LogP contribution in [-0.4, -0.2) is 32.4 Å². The maximum atomic E-state index is 13.3. The van der Waals surface area contributed by atoms with Crippen molar-refractivity contribution in [2.24, 2.45) is 0 Å². The van der Waals surface area contributed by atoms with E-state index >= 15 is 0 Å². The smallest absolute Gasteiger partial charge is 0.305 e. The second-order valence-corrected chi connectivity index (χ2v) is 10.8. The van der Waals surface area contributed by atoms with Gasteiger partial charge in [-0.25, -0.2) is 4.98 Å². The molecule has 1 atom stereocenters. The van der Waals surface area contributed by atoms with Crippen LogP contribution in [0, 0.1) is 6.92 Å². The molecular weight excluding hydrogens is 464 g/mol. The lowest BCUT2D eigenvalue weighted by atomic mass is 9.86. The van der Waals surface area contributed by atoms with Gasteiger partial charge in [0.25, 0.3) is 5.91 Å². The third-order valence-electron chi connectivity index (χ3n) is 8.02. The van der Waals surface area contributed by atoms with Crippen molar-refractivity contribution in [3.8, 4) is 0 Å². The zero-order valence-electron chi connectivity index (χ0n) is 21.7. The zero-order chi connectivity index (χ0) is 25.8. The van der Waals surface area contributed by atoms with Gasteiger partial charge in [-0.15, -0.1) is 0 Å². The molecule has 3 aromatic rings. The Labute approximate surface area is 218 Å². The summed E-state index contributed by atoms with van der Waals surface area (Å²) in [7, 11) is 0. The lowest BCUT2D eigenvalue weighted by Gasteiger charge is -2.26. The number of carboxylic acid groups (broad SMARTS) is 1. The number of anilines is 1. The first-order valence-corrected chi connectivity index (χ1v) is 13.9. The SMILES string of the molecule is Cc1ccc(C(CC(=O)O)NC(=O)c2ccn3c(NC4CCCCC4)c(C4CCCCC4)nc3c2)cc1. The number of nitrogens with zero attached hydrogens (tertiary/aromatic N) is 2. The van der Waals surface area contributed by atoms with Crippen molar-refractivity contribution in [1.82, 2.24) is 14.7 Å². The largest absolute Gasteiger partial charge is 0.481 e. The van der Waals surface area contributed by atoms with Crippen LogP contribution in [0.15, 0.2) is 42.6 Å². The first kappa shape index (κ1) is 25.3. The van der Waals surface area contributed by atoms with E-state index in [1.807, 2.05) is 49.5 Å². The van der Waals surface area contributed by atoms with Crippen molar-refractivity contribution in [2.75, 3.05) is 5.32 Å². The van der Waals surface area contributed by atoms with Crippen LogP contribution in [0.1, 0.15) is 110 Å². The Kier molecular flexibility index (Phi) is 7.77. The van der Waals surface area contributed by atoms with E-state index < -0.39 is 12.0 Å². The van der Waals surface area contributed by atoms with Crippen molar-refractivity contribution in [2.45, 2.75) is 95.6 Å². The number of hydrogen-bond acceptors (Lipinski definition) is 4. The minimum absolute atomic E-state index is 0.179. The number of amides is 1. The third-order valence-corrected chi connectivity index (χ3v) is 8.02. The number of pyridine rings is 1. The summed E-state index contributed by atoms with van der Waals surface area (Å²) in [6, 6.07) is 11.1. The van der Waals surface area contributed by atoms with Gasteiger partial charge >= 0.3 is 5.97 Å². The molecule has 2 heterocycles. The summed E-state index contributed by atoms with van der Waals surface area (Å²) < 4.78 is 2.10. The van der Waals surface area contributed by atoms with E-state index in [1.165, 1.54) is 51.4 Å². The third kappa shape index (κ3) is 5.97. The fraction of sp³-hybridized carbons (Fsp3) is 0.500. The van der Waals surface area contributed by atoms with Gasteiger partial charge in [0.15, 0.2) is 0 Å². The fourth-order valence-electron chi connectivity index (χ4n) is 5.92. The Morgan fingerprint density at radius 1 is 1.00 bits per heavy atom. The van der Waals surface area contributed by atoms with Gasteiger partial charge in [0.05, 0.1) is 18.2 Å². The number of aryl methyl sites for hydroxylation is 1. The van der Waals surface area contributed by atoms with Crippen molar-refractivity contribution in [1.29, 1.82) is 0 Å². The standard InChI is InChI=1S/C30H38N4O3/c1-20-12-14-21(15-13-20)25(19-27(35)36)32-30(37)23-16-17-34-26(18-23)33-28(22-8-4-2-5-9-22)29(34)31-24-10-6-3-7-11-24/h12-18,22,24-25,31H,2-11,19H2,1H3,(H,32,37)(H,35,36). The molecule has 0 bridgehead atoms. The average molecular weight is 503 g/mol. The number of aromatic nitrogens is 2. The van der Waals surface area contributed by atoms with Gasteiger partial charge in [0, 0.05) is 23.7 Å². The van der Waals surface area contributed by atoms with Crippen LogP contribution < -0.4 is 10.6 Å². The summed E-state index contributed by atoms with van der Waals surface area (Å²) in [6.07, 6.45) is 14.0. The van der Waals surface area contributed by atoms with E-state index in [4.69, 9.17) is 4.98 Å². The first-order chi connectivity index (χ1) is 18.0. The number of carbonyl (C=O) groups excluding carboxylic acids is 1. The molecule has 2 aliphatic rings. The van der Waals surface area contributed by atoms with Gasteiger partial charge in [0.2, 0.25) is 0 Å². The van der Waals surface area contributed by atoms with Gasteiger partial charge in [-0.2, -0.15) is 0 Å². The number of nitrogens with one attached hydrogen (secondary N) is 2. The molecule has 2 saturated carbocycles. The van der Waals surface area contributed by atoms with Crippen LogP contribution in [0.3, 0.4) is 0 Å². The molecule has 1 unspecified atom stereocenters. The number of aliphatic carboxylic acids is 1. The van der Waals surface area contributed by atoms with Crippen molar-refractivity contribution < 1.29 is 14.7 Å². The molecule has 196 valence electrons. The summed E-state index contributed by atoms with van der Waals surface area (Å²) >= 11 is 0. The second kappa shape index (κ2) is 11.4. The molecule has 37 heavy (non-hydrogen) atoms. The van der Waals surface area contributed by atoms with Gasteiger partial charge in [-0.3, -0.25) is 14.0 Å². The molecule has 2 fully saturated rings. The predicted octanol–water partition coefficient (Wildman–Crippen LogP) is 6.38. The minimum atomic E-state index is -0.954. The van der Waals surface area contributed by atoms with Crippen molar-refractivity contribution in [3.63, 3.8) is 0 Å². The van der Waals surface area contributed by atoms with Gasteiger partial charge in [0.1, 0.15) is 11.5 Å². The van der Waals surface area contributed by atoms with Crippen LogP contribution in [-0.2, 0) is 4.79 Å². The molecule has 0 aliphatic heterocycles. The number of benzene rings is 1. The average Bonchev–Trinajstić information content (AvgIpc) is 3.27. The van der Waals surface area contributed by atoms with Crippen molar-refractivity contribution >= 4 is 23.3 Å². The number of imidazole rings is 1. The maximum Gasteiger partial charge on any atom is 0.305 e. The summed E-state index contributed by atoms with van der Waals surface area (Å²) in [5.41, 5.74) is 4.24. The van der Waals surface area contributed by atoms with E-state index in [0.29, 0.717) is 17.5 Å². The van der Waals surface area contributed by atoms with E-state index in [2.05, 4.69) is 15.0 Å². The summed E-state index contributed by atoms with van der Waals surface area (Å²) in [6.45, 7) is 1.98. The Balaban J connectivity index is 1.43. The van der Waals surface area contributed by atoms with Gasteiger partial charge in [-0.1, -0.05) is 68.4 Å². The number of carboxylic acids is 1. The highest BCUT2D eigenvalue weighted by molar-refractivity contribution is 5.95. The topological polar surface area (TPSA) is 95.7 Å². The second-order valence-electron chi connectivity index (χ2n) is 10.8. The molecule has 5 rings (SSSR count). The lowest BCUT2D eigenvalue weighted by Crippen LogP contribution is -2.30. The van der Waals surface area contributed by atoms with E-state index in [0.717, 1.165) is 41.1 Å². The summed E-state index contributed by atoms with van der Waals surface area (Å²) in [4.78, 5) is 29.9.